The predicted octanol–water partition coefficient (Wildman–Crippen LogP) is 4.47. The van der Waals surface area contributed by atoms with Gasteiger partial charge in [-0.1, -0.05) is 12.8 Å². The van der Waals surface area contributed by atoms with E-state index >= 15 is 0 Å². The average molecular weight is 278 g/mol. The van der Waals surface area contributed by atoms with Gasteiger partial charge in [0.15, 0.2) is 0 Å². The number of thioether (sulfide) groups is 1. The normalized spacial score (nSPS) is 16.7. The zero-order valence-corrected chi connectivity index (χ0v) is 12.2. The molecule has 2 aromatic rings. The third-order valence-electron chi connectivity index (χ3n) is 3.58. The molecule has 0 aliphatic heterocycles. The first-order chi connectivity index (χ1) is 8.72. The maximum atomic E-state index is 6.14. The van der Waals surface area contributed by atoms with E-state index in [4.69, 9.17) is 5.73 Å². The van der Waals surface area contributed by atoms with Crippen molar-refractivity contribution in [2.75, 3.05) is 11.5 Å². The van der Waals surface area contributed by atoms with Crippen LogP contribution in [0.5, 0.6) is 0 Å². The van der Waals surface area contributed by atoms with Crippen LogP contribution in [0.1, 0.15) is 30.7 Å². The van der Waals surface area contributed by atoms with E-state index in [-0.39, 0.29) is 0 Å². The minimum absolute atomic E-state index is 0.891. The van der Waals surface area contributed by atoms with Crippen molar-refractivity contribution in [3.63, 3.8) is 0 Å². The Bertz CT molecular complexity index is 556. The van der Waals surface area contributed by atoms with Crippen molar-refractivity contribution in [2.45, 2.75) is 37.5 Å². The Balaban J connectivity index is 1.79. The molecule has 0 bridgehead atoms. The number of aryl methyl sites for hydroxylation is 1. The van der Waals surface area contributed by atoms with E-state index in [2.05, 4.69) is 17.1 Å². The number of benzene rings is 1. The second-order valence-electron chi connectivity index (χ2n) is 5.05. The number of nitrogen functional groups attached to an aromatic ring is 1. The molecule has 0 saturated heterocycles. The van der Waals surface area contributed by atoms with Gasteiger partial charge >= 0.3 is 0 Å². The van der Waals surface area contributed by atoms with Gasteiger partial charge in [0.2, 0.25) is 0 Å². The van der Waals surface area contributed by atoms with Crippen LogP contribution in [0.4, 0.5) is 5.69 Å². The highest BCUT2D eigenvalue weighted by Gasteiger charge is 2.16. The van der Waals surface area contributed by atoms with Gasteiger partial charge in [0, 0.05) is 16.3 Å². The Morgan fingerprint density at radius 1 is 1.39 bits per heavy atom. The lowest BCUT2D eigenvalue weighted by Crippen LogP contribution is -1.97. The van der Waals surface area contributed by atoms with Gasteiger partial charge in [0.05, 0.1) is 15.2 Å². The van der Waals surface area contributed by atoms with Crippen LogP contribution >= 0.6 is 23.1 Å². The van der Waals surface area contributed by atoms with Gasteiger partial charge in [-0.2, -0.15) is 0 Å². The molecule has 0 radical (unpaired) electrons. The summed E-state index contributed by atoms with van der Waals surface area (Å²) in [6.07, 6.45) is 5.60. The molecule has 1 saturated carbocycles. The van der Waals surface area contributed by atoms with Crippen molar-refractivity contribution in [2.24, 2.45) is 5.92 Å². The number of nitrogens with zero attached hydrogens (tertiary/aromatic N) is 1. The lowest BCUT2D eigenvalue weighted by Gasteiger charge is -2.10. The Labute approximate surface area is 116 Å². The van der Waals surface area contributed by atoms with Gasteiger partial charge in [0.1, 0.15) is 0 Å². The number of nitrogens with two attached hydrogens (primary N) is 1. The summed E-state index contributed by atoms with van der Waals surface area (Å²) in [5.41, 5.74) is 8.15. The molecular weight excluding hydrogens is 260 g/mol. The van der Waals surface area contributed by atoms with E-state index in [0.717, 1.165) is 22.1 Å². The standard InChI is InChI=1S/C14H18N2S2/c1-9-16-12-7-13(11(15)6-14(12)18-9)17-8-10-4-2-3-5-10/h6-7,10H,2-5,8,15H2,1H3. The van der Waals surface area contributed by atoms with Crippen molar-refractivity contribution >= 4 is 39.0 Å². The second kappa shape index (κ2) is 5.10. The first-order valence-corrected chi connectivity index (χ1v) is 8.32. The molecule has 96 valence electrons. The fraction of sp³-hybridized carbons (Fsp3) is 0.500. The summed E-state index contributed by atoms with van der Waals surface area (Å²) in [7, 11) is 0. The molecule has 1 aromatic carbocycles. The number of aromatic nitrogens is 1. The molecule has 1 heterocycles. The van der Waals surface area contributed by atoms with Crippen LogP contribution < -0.4 is 5.73 Å². The molecule has 4 heteroatoms. The SMILES string of the molecule is Cc1nc2cc(SCC3CCCC3)c(N)cc2s1. The van der Waals surface area contributed by atoms with Gasteiger partial charge in [0.25, 0.3) is 0 Å². The summed E-state index contributed by atoms with van der Waals surface area (Å²) < 4.78 is 1.20. The summed E-state index contributed by atoms with van der Waals surface area (Å²) in [5, 5.41) is 1.11. The Kier molecular flexibility index (Phi) is 3.48. The molecule has 1 aliphatic carbocycles. The highest BCUT2D eigenvalue weighted by Crippen LogP contribution is 2.36. The summed E-state index contributed by atoms with van der Waals surface area (Å²) in [6, 6.07) is 4.24. The van der Waals surface area contributed by atoms with E-state index in [1.807, 2.05) is 18.7 Å². The molecule has 2 N–H and O–H groups in total. The molecule has 2 nitrogen and oxygen atoms in total. The molecule has 18 heavy (non-hydrogen) atoms. The van der Waals surface area contributed by atoms with E-state index in [1.54, 1.807) is 11.3 Å². The van der Waals surface area contributed by atoms with Gasteiger partial charge < -0.3 is 5.73 Å². The molecule has 1 fully saturated rings. The zero-order valence-electron chi connectivity index (χ0n) is 10.6. The zero-order chi connectivity index (χ0) is 12.5. The van der Waals surface area contributed by atoms with Crippen LogP contribution in [-0.4, -0.2) is 10.7 Å². The topological polar surface area (TPSA) is 38.9 Å². The maximum absolute atomic E-state index is 6.14. The Morgan fingerprint density at radius 2 is 2.17 bits per heavy atom. The molecule has 0 atom stereocenters. The van der Waals surface area contributed by atoms with Crippen LogP contribution in [0, 0.1) is 12.8 Å². The van der Waals surface area contributed by atoms with Crippen molar-refractivity contribution in [1.29, 1.82) is 0 Å². The van der Waals surface area contributed by atoms with Gasteiger partial charge in [-0.25, -0.2) is 4.98 Å². The summed E-state index contributed by atoms with van der Waals surface area (Å²) in [4.78, 5) is 5.75. The van der Waals surface area contributed by atoms with E-state index < -0.39 is 0 Å². The molecule has 1 aliphatic rings. The quantitative estimate of drug-likeness (QED) is 0.665. The summed E-state index contributed by atoms with van der Waals surface area (Å²) >= 11 is 3.63. The van der Waals surface area contributed by atoms with E-state index in [1.165, 1.54) is 41.0 Å². The third-order valence-corrected chi connectivity index (χ3v) is 5.81. The first-order valence-electron chi connectivity index (χ1n) is 6.52. The van der Waals surface area contributed by atoms with Crippen LogP contribution in [0.25, 0.3) is 10.2 Å². The second-order valence-corrected chi connectivity index (χ2v) is 7.35. The van der Waals surface area contributed by atoms with Crippen LogP contribution in [0.2, 0.25) is 0 Å². The minimum Gasteiger partial charge on any atom is -0.398 e. The first kappa shape index (κ1) is 12.3. The summed E-state index contributed by atoms with van der Waals surface area (Å²) in [6.45, 7) is 2.05. The molecule has 0 unspecified atom stereocenters. The maximum Gasteiger partial charge on any atom is 0.0907 e. The minimum atomic E-state index is 0.891. The van der Waals surface area contributed by atoms with Crippen LogP contribution in [0.3, 0.4) is 0 Å². The number of thiazole rings is 1. The van der Waals surface area contributed by atoms with Gasteiger partial charge in [-0.3, -0.25) is 0 Å². The number of hydrogen-bond acceptors (Lipinski definition) is 4. The van der Waals surface area contributed by atoms with Crippen molar-refractivity contribution in [3.8, 4) is 0 Å². The number of anilines is 1. The Hall–Kier alpha value is -0.740. The highest BCUT2D eigenvalue weighted by atomic mass is 32.2. The predicted molar refractivity (Wildman–Crippen MR) is 81.5 cm³/mol. The lowest BCUT2D eigenvalue weighted by atomic mass is 10.1. The van der Waals surface area contributed by atoms with E-state index in [9.17, 15) is 0 Å². The van der Waals surface area contributed by atoms with Crippen LogP contribution in [-0.2, 0) is 0 Å². The van der Waals surface area contributed by atoms with Crippen molar-refractivity contribution in [3.05, 3.63) is 17.1 Å². The number of hydrogen-bond donors (Lipinski definition) is 1. The monoisotopic (exact) mass is 278 g/mol. The number of fused-ring (bicyclic) bond motifs is 1. The smallest absolute Gasteiger partial charge is 0.0907 e. The summed E-state index contributed by atoms with van der Waals surface area (Å²) in [5.74, 6) is 2.10. The average Bonchev–Trinajstić information content (AvgIpc) is 2.94. The molecule has 3 rings (SSSR count). The molecule has 0 spiro atoms. The van der Waals surface area contributed by atoms with Gasteiger partial charge in [-0.15, -0.1) is 23.1 Å². The molecule has 1 aromatic heterocycles. The van der Waals surface area contributed by atoms with Crippen LogP contribution in [0.15, 0.2) is 17.0 Å². The molecule has 0 amide bonds. The Morgan fingerprint density at radius 3 is 2.94 bits per heavy atom. The number of rotatable bonds is 3. The van der Waals surface area contributed by atoms with E-state index in [0.29, 0.717) is 0 Å². The highest BCUT2D eigenvalue weighted by molar-refractivity contribution is 7.99. The molecular formula is C14H18N2S2. The fourth-order valence-corrected chi connectivity index (χ4v) is 4.62. The van der Waals surface area contributed by atoms with Crippen molar-refractivity contribution < 1.29 is 0 Å². The third kappa shape index (κ3) is 2.50. The largest absolute Gasteiger partial charge is 0.398 e. The van der Waals surface area contributed by atoms with Crippen molar-refractivity contribution in [1.82, 2.24) is 4.98 Å². The lowest BCUT2D eigenvalue weighted by molar-refractivity contribution is 0.623. The van der Waals surface area contributed by atoms with Gasteiger partial charge in [-0.05, 0) is 37.8 Å². The fourth-order valence-electron chi connectivity index (χ4n) is 2.60.